The third-order valence-electron chi connectivity index (χ3n) is 3.83. The van der Waals surface area contributed by atoms with Gasteiger partial charge in [-0.2, -0.15) is 0 Å². The molecule has 30 heavy (non-hydrogen) atoms. The average Bonchev–Trinajstić information content (AvgIpc) is 2.73. The molecule has 0 fully saturated rings. The summed E-state index contributed by atoms with van der Waals surface area (Å²) in [5.74, 6) is -1.61. The Morgan fingerprint density at radius 1 is 1.13 bits per heavy atom. The highest BCUT2D eigenvalue weighted by atomic mass is 16.6. The van der Waals surface area contributed by atoms with Crippen LogP contribution in [0, 0.1) is 10.1 Å². The van der Waals surface area contributed by atoms with Crippen LogP contribution >= 0.6 is 0 Å². The zero-order valence-electron chi connectivity index (χ0n) is 16.4. The minimum Gasteiger partial charge on any atom is -0.492 e. The van der Waals surface area contributed by atoms with Crippen LogP contribution in [0.5, 0.6) is 5.75 Å². The van der Waals surface area contributed by atoms with Crippen LogP contribution in [-0.4, -0.2) is 42.0 Å². The Morgan fingerprint density at radius 3 is 2.57 bits per heavy atom. The van der Waals surface area contributed by atoms with Gasteiger partial charge in [-0.25, -0.2) is 4.79 Å². The summed E-state index contributed by atoms with van der Waals surface area (Å²) in [5.41, 5.74) is 0.212. The molecule has 0 saturated heterocycles. The summed E-state index contributed by atoms with van der Waals surface area (Å²) in [6.45, 7) is 3.05. The maximum atomic E-state index is 12.2. The van der Waals surface area contributed by atoms with Gasteiger partial charge >= 0.3 is 5.97 Å². The lowest BCUT2D eigenvalue weighted by molar-refractivity contribution is -0.384. The van der Waals surface area contributed by atoms with E-state index in [0.29, 0.717) is 18.0 Å². The first kappa shape index (κ1) is 22.3. The van der Waals surface area contributed by atoms with Crippen molar-refractivity contribution in [3.8, 4) is 5.75 Å². The second kappa shape index (κ2) is 10.6. The van der Waals surface area contributed by atoms with Gasteiger partial charge in [0.25, 0.3) is 17.5 Å². The molecule has 1 atom stereocenters. The van der Waals surface area contributed by atoms with Gasteiger partial charge in [0.1, 0.15) is 11.8 Å². The third kappa shape index (κ3) is 6.30. The van der Waals surface area contributed by atoms with Crippen molar-refractivity contribution in [2.75, 3.05) is 18.5 Å². The quantitative estimate of drug-likeness (QED) is 0.364. The second-order valence-electron chi connectivity index (χ2n) is 6.09. The second-order valence-corrected chi connectivity index (χ2v) is 6.09. The molecule has 2 N–H and O–H groups in total. The molecule has 0 bridgehead atoms. The normalized spacial score (nSPS) is 11.1. The largest absolute Gasteiger partial charge is 0.492 e. The van der Waals surface area contributed by atoms with E-state index < -0.39 is 35.4 Å². The molecule has 10 heteroatoms. The smallest absolute Gasteiger partial charge is 0.328 e. The van der Waals surface area contributed by atoms with Crippen LogP contribution in [0.15, 0.2) is 48.5 Å². The summed E-state index contributed by atoms with van der Waals surface area (Å²) in [6.07, 6.45) is 0. The molecular formula is C20H21N3O7. The van der Waals surface area contributed by atoms with E-state index in [1.165, 1.54) is 25.1 Å². The number of hydrogen-bond acceptors (Lipinski definition) is 7. The summed E-state index contributed by atoms with van der Waals surface area (Å²) in [4.78, 5) is 46.5. The topological polar surface area (TPSA) is 137 Å². The molecule has 0 saturated carbocycles. The number of carbonyl (C=O) groups excluding carboxylic acids is 3. The number of nitro benzene ring substituents is 1. The highest BCUT2D eigenvalue weighted by Crippen LogP contribution is 2.23. The van der Waals surface area contributed by atoms with Crippen LogP contribution in [0.4, 0.5) is 11.4 Å². The van der Waals surface area contributed by atoms with Crippen LogP contribution < -0.4 is 15.4 Å². The maximum Gasteiger partial charge on any atom is 0.328 e. The van der Waals surface area contributed by atoms with Gasteiger partial charge in [-0.1, -0.05) is 18.2 Å². The fourth-order valence-corrected chi connectivity index (χ4v) is 2.40. The molecule has 0 radical (unpaired) electrons. The van der Waals surface area contributed by atoms with Crippen molar-refractivity contribution < 1.29 is 28.8 Å². The molecule has 0 aromatic heterocycles. The lowest BCUT2D eigenvalue weighted by Gasteiger charge is -2.14. The predicted octanol–water partition coefficient (Wildman–Crippen LogP) is 2.29. The number of nitrogens with zero attached hydrogens (tertiary/aromatic N) is 1. The number of nitro groups is 1. The molecule has 0 heterocycles. The van der Waals surface area contributed by atoms with E-state index in [0.717, 1.165) is 6.07 Å². The van der Waals surface area contributed by atoms with E-state index in [4.69, 9.17) is 9.47 Å². The monoisotopic (exact) mass is 415 g/mol. The zero-order chi connectivity index (χ0) is 22.1. The minimum absolute atomic E-state index is 0.0223. The fraction of sp³-hybridized carbons (Fsp3) is 0.250. The number of ether oxygens (including phenoxy) is 2. The van der Waals surface area contributed by atoms with E-state index in [9.17, 15) is 24.5 Å². The number of rotatable bonds is 9. The summed E-state index contributed by atoms with van der Waals surface area (Å²) >= 11 is 0. The molecule has 2 amide bonds. The Balaban J connectivity index is 1.87. The molecule has 0 aliphatic heterocycles. The molecular weight excluding hydrogens is 394 g/mol. The van der Waals surface area contributed by atoms with E-state index in [-0.39, 0.29) is 11.3 Å². The summed E-state index contributed by atoms with van der Waals surface area (Å²) < 4.78 is 10.3. The molecule has 0 aliphatic carbocycles. The van der Waals surface area contributed by atoms with Crippen molar-refractivity contribution in [2.24, 2.45) is 0 Å². The van der Waals surface area contributed by atoms with Crippen molar-refractivity contribution in [1.82, 2.24) is 5.32 Å². The van der Waals surface area contributed by atoms with Crippen molar-refractivity contribution >= 4 is 29.2 Å². The van der Waals surface area contributed by atoms with Gasteiger partial charge in [-0.05, 0) is 32.0 Å². The van der Waals surface area contributed by atoms with E-state index in [2.05, 4.69) is 10.6 Å². The first-order valence-electron chi connectivity index (χ1n) is 9.05. The lowest BCUT2D eigenvalue weighted by atomic mass is 10.2. The lowest BCUT2D eigenvalue weighted by Crippen LogP contribution is -2.40. The minimum atomic E-state index is -1.07. The van der Waals surface area contributed by atoms with E-state index >= 15 is 0 Å². The Kier molecular flexibility index (Phi) is 7.86. The highest BCUT2D eigenvalue weighted by Gasteiger charge is 2.20. The van der Waals surface area contributed by atoms with Gasteiger partial charge in [0.05, 0.1) is 17.2 Å². The molecule has 158 valence electrons. The van der Waals surface area contributed by atoms with E-state index in [1.807, 2.05) is 6.92 Å². The SMILES string of the molecule is CCOc1ccccc1NC(=O)COC(=O)C(C)NC(=O)c1cccc([N+](=O)[O-])c1. The van der Waals surface area contributed by atoms with Crippen LogP contribution in [-0.2, 0) is 14.3 Å². The molecule has 0 aliphatic rings. The molecule has 2 aromatic rings. The number of non-ortho nitro benzene ring substituents is 1. The Hall–Kier alpha value is -3.95. The number of carbonyl (C=O) groups is 3. The van der Waals surface area contributed by atoms with Crippen molar-refractivity contribution in [2.45, 2.75) is 19.9 Å². The molecule has 2 aromatic carbocycles. The standard InChI is InChI=1S/C20H21N3O7/c1-3-29-17-10-5-4-9-16(17)22-18(24)12-30-20(26)13(2)21-19(25)14-7-6-8-15(11-14)23(27)28/h4-11,13H,3,12H2,1-2H3,(H,21,25)(H,22,24). The number of esters is 1. The predicted molar refractivity (Wildman–Crippen MR) is 107 cm³/mol. The Morgan fingerprint density at radius 2 is 1.87 bits per heavy atom. The van der Waals surface area contributed by atoms with Gasteiger partial charge < -0.3 is 20.1 Å². The average molecular weight is 415 g/mol. The summed E-state index contributed by atoms with van der Waals surface area (Å²) in [6, 6.07) is 10.8. The summed E-state index contributed by atoms with van der Waals surface area (Å²) in [7, 11) is 0. The van der Waals surface area contributed by atoms with Crippen LogP contribution in [0.2, 0.25) is 0 Å². The van der Waals surface area contributed by atoms with E-state index in [1.54, 1.807) is 24.3 Å². The molecule has 0 spiro atoms. The van der Waals surface area contributed by atoms with Gasteiger partial charge in [-0.3, -0.25) is 19.7 Å². The van der Waals surface area contributed by atoms with Gasteiger partial charge in [0.2, 0.25) is 0 Å². The van der Waals surface area contributed by atoms with Crippen molar-refractivity contribution in [1.29, 1.82) is 0 Å². The van der Waals surface area contributed by atoms with Gasteiger partial charge in [0.15, 0.2) is 6.61 Å². The molecule has 1 unspecified atom stereocenters. The molecule has 2 rings (SSSR count). The first-order valence-corrected chi connectivity index (χ1v) is 9.05. The first-order chi connectivity index (χ1) is 14.3. The number of amides is 2. The number of anilines is 1. The molecule has 10 nitrogen and oxygen atoms in total. The van der Waals surface area contributed by atoms with Crippen LogP contribution in [0.3, 0.4) is 0 Å². The number of para-hydroxylation sites is 2. The number of benzene rings is 2. The Labute approximate surface area is 172 Å². The highest BCUT2D eigenvalue weighted by molar-refractivity contribution is 5.98. The number of nitrogens with one attached hydrogen (secondary N) is 2. The fourth-order valence-electron chi connectivity index (χ4n) is 2.40. The Bertz CT molecular complexity index is 946. The number of hydrogen-bond donors (Lipinski definition) is 2. The summed E-state index contributed by atoms with van der Waals surface area (Å²) in [5, 5.41) is 15.8. The van der Waals surface area contributed by atoms with Crippen molar-refractivity contribution in [3.05, 3.63) is 64.2 Å². The van der Waals surface area contributed by atoms with Gasteiger partial charge in [0, 0.05) is 17.7 Å². The van der Waals surface area contributed by atoms with Crippen molar-refractivity contribution in [3.63, 3.8) is 0 Å². The van der Waals surface area contributed by atoms with Crippen LogP contribution in [0.1, 0.15) is 24.2 Å². The van der Waals surface area contributed by atoms with Crippen LogP contribution in [0.25, 0.3) is 0 Å². The zero-order valence-corrected chi connectivity index (χ0v) is 16.4. The van der Waals surface area contributed by atoms with Gasteiger partial charge in [-0.15, -0.1) is 0 Å². The maximum absolute atomic E-state index is 12.2. The third-order valence-corrected chi connectivity index (χ3v) is 3.83.